The van der Waals surface area contributed by atoms with Gasteiger partial charge >= 0.3 is 0 Å². The first kappa shape index (κ1) is 11.1. The Kier molecular flexibility index (Phi) is 3.25. The molecule has 0 bridgehead atoms. The molecule has 0 amide bonds. The van der Waals surface area contributed by atoms with Gasteiger partial charge < -0.3 is 0 Å². The second-order valence-electron chi connectivity index (χ2n) is 3.93. The van der Waals surface area contributed by atoms with Gasteiger partial charge in [0.15, 0.2) is 0 Å². The van der Waals surface area contributed by atoms with Crippen LogP contribution in [-0.4, -0.2) is 14.8 Å². The van der Waals surface area contributed by atoms with E-state index in [-0.39, 0.29) is 0 Å². The molecule has 0 fully saturated rings. The summed E-state index contributed by atoms with van der Waals surface area (Å²) >= 11 is 5.90. The van der Waals surface area contributed by atoms with Crippen LogP contribution in [0, 0.1) is 0 Å². The highest BCUT2D eigenvalue weighted by molar-refractivity contribution is 6.16. The van der Waals surface area contributed by atoms with Gasteiger partial charge in [-0.1, -0.05) is 0 Å². The molecule has 0 aliphatic heterocycles. The van der Waals surface area contributed by atoms with Crippen molar-refractivity contribution in [2.24, 2.45) is 0 Å². The number of hydrogen-bond acceptors (Lipinski definition) is 2. The molecular formula is C12H14ClN3. The SMILES string of the molecule is CC(C)n1nc(-c2cccnc2)cc1CCl. The van der Waals surface area contributed by atoms with Crippen molar-refractivity contribution < 1.29 is 0 Å². The third kappa shape index (κ3) is 2.09. The maximum absolute atomic E-state index is 5.90. The molecule has 0 unspecified atom stereocenters. The number of halogens is 1. The largest absolute Gasteiger partial charge is 0.265 e. The second kappa shape index (κ2) is 4.66. The standard InChI is InChI=1S/C12H14ClN3/c1-9(2)16-11(7-13)6-12(15-16)10-4-3-5-14-8-10/h3-6,8-9H,7H2,1-2H3. The highest BCUT2D eigenvalue weighted by Gasteiger charge is 2.10. The van der Waals surface area contributed by atoms with Crippen molar-refractivity contribution in [2.45, 2.75) is 25.8 Å². The minimum absolute atomic E-state index is 0.319. The van der Waals surface area contributed by atoms with Crippen LogP contribution >= 0.6 is 11.6 Å². The summed E-state index contributed by atoms with van der Waals surface area (Å²) in [5, 5.41) is 4.54. The zero-order valence-electron chi connectivity index (χ0n) is 9.39. The molecule has 0 atom stereocenters. The lowest BCUT2D eigenvalue weighted by molar-refractivity contribution is 0.518. The minimum Gasteiger partial charge on any atom is -0.265 e. The first-order valence-electron chi connectivity index (χ1n) is 5.27. The zero-order valence-corrected chi connectivity index (χ0v) is 10.1. The monoisotopic (exact) mass is 235 g/mol. The van der Waals surface area contributed by atoms with Gasteiger partial charge in [-0.25, -0.2) is 0 Å². The van der Waals surface area contributed by atoms with Gasteiger partial charge in [0, 0.05) is 24.0 Å². The van der Waals surface area contributed by atoms with E-state index >= 15 is 0 Å². The summed E-state index contributed by atoms with van der Waals surface area (Å²) in [4.78, 5) is 4.09. The molecule has 2 rings (SSSR count). The minimum atomic E-state index is 0.319. The van der Waals surface area contributed by atoms with Crippen molar-refractivity contribution in [3.05, 3.63) is 36.3 Å². The Morgan fingerprint density at radius 2 is 2.25 bits per heavy atom. The van der Waals surface area contributed by atoms with Gasteiger partial charge in [0.1, 0.15) is 0 Å². The van der Waals surface area contributed by atoms with Gasteiger partial charge in [-0.2, -0.15) is 5.10 Å². The smallest absolute Gasteiger partial charge is 0.0942 e. The molecule has 2 aromatic heterocycles. The first-order chi connectivity index (χ1) is 7.72. The molecule has 0 saturated carbocycles. The fraction of sp³-hybridized carbons (Fsp3) is 0.333. The van der Waals surface area contributed by atoms with Crippen LogP contribution in [-0.2, 0) is 5.88 Å². The molecular weight excluding hydrogens is 222 g/mol. The quantitative estimate of drug-likeness (QED) is 0.765. The lowest BCUT2D eigenvalue weighted by atomic mass is 10.2. The van der Waals surface area contributed by atoms with Gasteiger partial charge in [-0.3, -0.25) is 9.67 Å². The predicted octanol–water partition coefficient (Wildman–Crippen LogP) is 3.26. The van der Waals surface area contributed by atoms with Crippen LogP contribution in [0.15, 0.2) is 30.6 Å². The Balaban J connectivity index is 2.44. The Labute approximate surface area is 100 Å². The van der Waals surface area contributed by atoms with Crippen LogP contribution in [0.5, 0.6) is 0 Å². The highest BCUT2D eigenvalue weighted by atomic mass is 35.5. The number of alkyl halides is 1. The van der Waals surface area contributed by atoms with Crippen molar-refractivity contribution in [1.29, 1.82) is 0 Å². The van der Waals surface area contributed by atoms with E-state index in [0.717, 1.165) is 17.0 Å². The van der Waals surface area contributed by atoms with E-state index in [9.17, 15) is 0 Å². The van der Waals surface area contributed by atoms with Gasteiger partial charge in [-0.15, -0.1) is 11.6 Å². The van der Waals surface area contributed by atoms with Crippen molar-refractivity contribution in [2.75, 3.05) is 0 Å². The molecule has 0 aliphatic rings. The Morgan fingerprint density at radius 3 is 2.75 bits per heavy atom. The van der Waals surface area contributed by atoms with Crippen LogP contribution in [0.2, 0.25) is 0 Å². The Hall–Kier alpha value is -1.35. The molecule has 0 spiro atoms. The van der Waals surface area contributed by atoms with Crippen LogP contribution in [0.1, 0.15) is 25.6 Å². The lowest BCUT2D eigenvalue weighted by Gasteiger charge is -2.08. The third-order valence-electron chi connectivity index (χ3n) is 2.40. The fourth-order valence-electron chi connectivity index (χ4n) is 1.64. The van der Waals surface area contributed by atoms with Gasteiger partial charge in [0.05, 0.1) is 17.3 Å². The van der Waals surface area contributed by atoms with Crippen LogP contribution in [0.25, 0.3) is 11.3 Å². The number of rotatable bonds is 3. The molecule has 0 saturated heterocycles. The van der Waals surface area contributed by atoms with E-state index < -0.39 is 0 Å². The average Bonchev–Trinajstić information content (AvgIpc) is 2.74. The third-order valence-corrected chi connectivity index (χ3v) is 2.67. The first-order valence-corrected chi connectivity index (χ1v) is 5.80. The molecule has 0 N–H and O–H groups in total. The molecule has 0 aromatic carbocycles. The summed E-state index contributed by atoms with van der Waals surface area (Å²) in [6, 6.07) is 6.24. The lowest BCUT2D eigenvalue weighted by Crippen LogP contribution is -2.06. The molecule has 3 nitrogen and oxygen atoms in total. The summed E-state index contributed by atoms with van der Waals surface area (Å²) in [5.41, 5.74) is 2.99. The summed E-state index contributed by atoms with van der Waals surface area (Å²) in [7, 11) is 0. The van der Waals surface area contributed by atoms with Crippen molar-refractivity contribution in [3.8, 4) is 11.3 Å². The molecule has 2 aromatic rings. The zero-order chi connectivity index (χ0) is 11.5. The fourth-order valence-corrected chi connectivity index (χ4v) is 1.83. The van der Waals surface area contributed by atoms with E-state index in [2.05, 4.69) is 23.9 Å². The number of nitrogens with zero attached hydrogens (tertiary/aromatic N) is 3. The van der Waals surface area contributed by atoms with Gasteiger partial charge in [0.2, 0.25) is 0 Å². The van der Waals surface area contributed by atoms with E-state index in [4.69, 9.17) is 11.6 Å². The van der Waals surface area contributed by atoms with Crippen molar-refractivity contribution in [1.82, 2.24) is 14.8 Å². The molecule has 2 heterocycles. The Bertz CT molecular complexity index is 462. The van der Waals surface area contributed by atoms with E-state index in [1.165, 1.54) is 0 Å². The maximum atomic E-state index is 5.90. The summed E-state index contributed by atoms with van der Waals surface area (Å²) in [5.74, 6) is 0.478. The number of aromatic nitrogens is 3. The normalized spacial score (nSPS) is 11.0. The van der Waals surface area contributed by atoms with Crippen LogP contribution < -0.4 is 0 Å². The summed E-state index contributed by atoms with van der Waals surface area (Å²) < 4.78 is 1.95. The molecule has 0 radical (unpaired) electrons. The topological polar surface area (TPSA) is 30.7 Å². The van der Waals surface area contributed by atoms with Crippen molar-refractivity contribution in [3.63, 3.8) is 0 Å². The molecule has 4 heteroatoms. The highest BCUT2D eigenvalue weighted by Crippen LogP contribution is 2.21. The molecule has 16 heavy (non-hydrogen) atoms. The predicted molar refractivity (Wildman–Crippen MR) is 65.4 cm³/mol. The molecule has 84 valence electrons. The van der Waals surface area contributed by atoms with Crippen LogP contribution in [0.3, 0.4) is 0 Å². The summed E-state index contributed by atoms with van der Waals surface area (Å²) in [6.45, 7) is 4.19. The van der Waals surface area contributed by atoms with Crippen LogP contribution in [0.4, 0.5) is 0 Å². The number of hydrogen-bond donors (Lipinski definition) is 0. The van der Waals surface area contributed by atoms with Gasteiger partial charge in [-0.05, 0) is 32.0 Å². The summed E-state index contributed by atoms with van der Waals surface area (Å²) in [6.07, 6.45) is 3.57. The van der Waals surface area contributed by atoms with Gasteiger partial charge in [0.25, 0.3) is 0 Å². The Morgan fingerprint density at radius 1 is 1.44 bits per heavy atom. The van der Waals surface area contributed by atoms with E-state index in [1.807, 2.05) is 29.1 Å². The molecule has 0 aliphatic carbocycles. The number of pyridine rings is 1. The maximum Gasteiger partial charge on any atom is 0.0942 e. The van der Waals surface area contributed by atoms with E-state index in [0.29, 0.717) is 11.9 Å². The average molecular weight is 236 g/mol. The van der Waals surface area contributed by atoms with Crippen molar-refractivity contribution >= 4 is 11.6 Å². The second-order valence-corrected chi connectivity index (χ2v) is 4.20. The van der Waals surface area contributed by atoms with E-state index in [1.54, 1.807) is 6.20 Å².